The largest absolute Gasteiger partial charge is 0.457 e. The van der Waals surface area contributed by atoms with Crippen molar-refractivity contribution in [3.8, 4) is 29.0 Å². The molecule has 0 unspecified atom stereocenters. The number of anilines is 1. The Morgan fingerprint density at radius 3 is 2.57 bits per heavy atom. The molecule has 0 aliphatic carbocycles. The van der Waals surface area contributed by atoms with E-state index in [1.807, 2.05) is 54.6 Å². The Labute approximate surface area is 202 Å². The number of nitrogens with zero attached hydrogens (tertiary/aromatic N) is 4. The molecular formula is C27H25N5O3. The lowest BCUT2D eigenvalue weighted by atomic mass is 10.1. The number of likely N-dealkylation sites (tertiary alicyclic amines) is 1. The first-order chi connectivity index (χ1) is 17.1. The normalized spacial score (nSPS) is 15.5. The lowest BCUT2D eigenvalue weighted by Crippen LogP contribution is -2.42. The maximum Gasteiger partial charge on any atom is 0.334 e. The SMILES string of the molecule is CC#CC(=O)N1CCC[C@@H](n2c(=O)n(-c3ccc(Oc4ccccc4)cc3)c3c(N)nccc32)C1. The van der Waals surface area contributed by atoms with Gasteiger partial charge in [0.05, 0.1) is 17.2 Å². The Hall–Kier alpha value is -4.51. The van der Waals surface area contributed by atoms with Crippen molar-refractivity contribution in [2.45, 2.75) is 25.8 Å². The zero-order valence-corrected chi connectivity index (χ0v) is 19.3. The van der Waals surface area contributed by atoms with Crippen LogP contribution in [-0.4, -0.2) is 38.0 Å². The van der Waals surface area contributed by atoms with Crippen LogP contribution in [-0.2, 0) is 4.79 Å². The number of ether oxygens (including phenoxy) is 1. The van der Waals surface area contributed by atoms with Crippen LogP contribution in [0, 0.1) is 11.8 Å². The molecule has 2 N–H and O–H groups in total. The number of nitrogen functional groups attached to an aromatic ring is 1. The number of aromatic nitrogens is 3. The summed E-state index contributed by atoms with van der Waals surface area (Å²) in [7, 11) is 0. The first kappa shape index (κ1) is 22.3. The van der Waals surface area contributed by atoms with Crippen molar-refractivity contribution in [1.29, 1.82) is 0 Å². The van der Waals surface area contributed by atoms with Gasteiger partial charge >= 0.3 is 5.69 Å². The first-order valence-electron chi connectivity index (χ1n) is 11.5. The highest BCUT2D eigenvalue weighted by Gasteiger charge is 2.28. The summed E-state index contributed by atoms with van der Waals surface area (Å²) in [5.41, 5.74) is 7.92. The Kier molecular flexibility index (Phi) is 5.98. The Bertz CT molecular complexity index is 1490. The average Bonchev–Trinajstić information content (AvgIpc) is 3.18. The van der Waals surface area contributed by atoms with Gasteiger partial charge in [0.2, 0.25) is 0 Å². The molecular weight excluding hydrogens is 442 g/mol. The maximum atomic E-state index is 13.8. The number of benzene rings is 2. The summed E-state index contributed by atoms with van der Waals surface area (Å²) in [6, 6.07) is 18.4. The van der Waals surface area contributed by atoms with Crippen molar-refractivity contribution < 1.29 is 9.53 Å². The maximum absolute atomic E-state index is 13.8. The molecule has 4 aromatic rings. The number of imidazole rings is 1. The van der Waals surface area contributed by atoms with Crippen LogP contribution in [0.5, 0.6) is 11.5 Å². The molecule has 176 valence electrons. The summed E-state index contributed by atoms with van der Waals surface area (Å²) in [5, 5.41) is 0. The van der Waals surface area contributed by atoms with E-state index in [9.17, 15) is 9.59 Å². The molecule has 8 heteroatoms. The number of piperidine rings is 1. The number of para-hydroxylation sites is 1. The molecule has 1 aliphatic heterocycles. The Morgan fingerprint density at radius 2 is 1.83 bits per heavy atom. The van der Waals surface area contributed by atoms with Crippen LogP contribution in [0.25, 0.3) is 16.7 Å². The monoisotopic (exact) mass is 467 g/mol. The highest BCUT2D eigenvalue weighted by atomic mass is 16.5. The van der Waals surface area contributed by atoms with Gasteiger partial charge in [0.1, 0.15) is 22.8 Å². The molecule has 0 spiro atoms. The summed E-state index contributed by atoms with van der Waals surface area (Å²) >= 11 is 0. The highest BCUT2D eigenvalue weighted by Crippen LogP contribution is 2.29. The molecule has 0 saturated carbocycles. The van der Waals surface area contributed by atoms with Crippen molar-refractivity contribution in [3.05, 3.63) is 77.3 Å². The van der Waals surface area contributed by atoms with E-state index in [1.165, 1.54) is 0 Å². The number of nitrogens with two attached hydrogens (primary N) is 1. The van der Waals surface area contributed by atoms with Gasteiger partial charge < -0.3 is 15.4 Å². The molecule has 2 aromatic carbocycles. The number of rotatable bonds is 4. The summed E-state index contributed by atoms with van der Waals surface area (Å²) in [6.45, 7) is 2.69. The van der Waals surface area contributed by atoms with Crippen molar-refractivity contribution in [1.82, 2.24) is 19.0 Å². The second-order valence-electron chi connectivity index (χ2n) is 8.38. The van der Waals surface area contributed by atoms with Crippen LogP contribution in [0.1, 0.15) is 25.8 Å². The molecule has 0 radical (unpaired) electrons. The first-order valence-corrected chi connectivity index (χ1v) is 11.5. The van der Waals surface area contributed by atoms with Gasteiger partial charge in [-0.15, -0.1) is 0 Å². The molecule has 1 atom stereocenters. The topological polar surface area (TPSA) is 95.4 Å². The molecule has 3 heterocycles. The van der Waals surface area contributed by atoms with Gasteiger partial charge in [0.15, 0.2) is 0 Å². The number of carbonyl (C=O) groups is 1. The fourth-order valence-electron chi connectivity index (χ4n) is 4.61. The van der Waals surface area contributed by atoms with E-state index in [-0.39, 0.29) is 23.5 Å². The second-order valence-corrected chi connectivity index (χ2v) is 8.38. The molecule has 1 fully saturated rings. The number of hydrogen-bond donors (Lipinski definition) is 1. The minimum Gasteiger partial charge on any atom is -0.457 e. The van der Waals surface area contributed by atoms with Crippen molar-refractivity contribution in [2.24, 2.45) is 0 Å². The quantitative estimate of drug-likeness (QED) is 0.461. The third kappa shape index (κ3) is 4.24. The fraction of sp³-hybridized carbons (Fsp3) is 0.222. The van der Waals surface area contributed by atoms with E-state index < -0.39 is 0 Å². The summed E-state index contributed by atoms with van der Waals surface area (Å²) in [4.78, 5) is 32.1. The lowest BCUT2D eigenvalue weighted by Gasteiger charge is -2.32. The van der Waals surface area contributed by atoms with Crippen LogP contribution in [0.4, 0.5) is 5.82 Å². The smallest absolute Gasteiger partial charge is 0.334 e. The Balaban J connectivity index is 1.55. The summed E-state index contributed by atoms with van der Waals surface area (Å²) in [6.07, 6.45) is 3.16. The zero-order valence-electron chi connectivity index (χ0n) is 19.3. The fourth-order valence-corrected chi connectivity index (χ4v) is 4.61. The zero-order chi connectivity index (χ0) is 24.4. The van der Waals surface area contributed by atoms with E-state index in [0.717, 1.165) is 18.6 Å². The van der Waals surface area contributed by atoms with Gasteiger partial charge in [-0.2, -0.15) is 0 Å². The number of fused-ring (bicyclic) bond motifs is 1. The number of carbonyl (C=O) groups excluding carboxylic acids is 1. The lowest BCUT2D eigenvalue weighted by molar-refractivity contribution is -0.126. The molecule has 1 amide bonds. The molecule has 5 rings (SSSR count). The molecule has 0 bridgehead atoms. The van der Waals surface area contributed by atoms with E-state index in [0.29, 0.717) is 35.6 Å². The van der Waals surface area contributed by atoms with Gasteiger partial charge in [0, 0.05) is 19.3 Å². The van der Waals surface area contributed by atoms with E-state index in [4.69, 9.17) is 10.5 Å². The number of hydrogen-bond acceptors (Lipinski definition) is 5. The predicted octanol–water partition coefficient (Wildman–Crippen LogP) is 3.75. The van der Waals surface area contributed by atoms with Crippen LogP contribution in [0.2, 0.25) is 0 Å². The van der Waals surface area contributed by atoms with Gasteiger partial charge in [-0.1, -0.05) is 24.1 Å². The third-order valence-corrected chi connectivity index (χ3v) is 6.17. The number of pyridine rings is 1. The molecule has 1 aliphatic rings. The number of amides is 1. The van der Waals surface area contributed by atoms with Crippen LogP contribution < -0.4 is 16.2 Å². The predicted molar refractivity (Wildman–Crippen MR) is 135 cm³/mol. The summed E-state index contributed by atoms with van der Waals surface area (Å²) in [5.74, 6) is 6.70. The van der Waals surface area contributed by atoms with E-state index in [2.05, 4.69) is 16.8 Å². The van der Waals surface area contributed by atoms with Crippen LogP contribution in [0.3, 0.4) is 0 Å². The van der Waals surface area contributed by atoms with Gasteiger partial charge in [0.25, 0.3) is 5.91 Å². The van der Waals surface area contributed by atoms with E-state index >= 15 is 0 Å². The van der Waals surface area contributed by atoms with Gasteiger partial charge in [-0.3, -0.25) is 13.9 Å². The average molecular weight is 468 g/mol. The van der Waals surface area contributed by atoms with E-state index in [1.54, 1.807) is 33.2 Å². The summed E-state index contributed by atoms with van der Waals surface area (Å²) < 4.78 is 9.20. The van der Waals surface area contributed by atoms with Crippen LogP contribution >= 0.6 is 0 Å². The van der Waals surface area contributed by atoms with Crippen molar-refractivity contribution >= 4 is 22.8 Å². The highest BCUT2D eigenvalue weighted by molar-refractivity contribution is 5.93. The third-order valence-electron chi connectivity index (χ3n) is 6.17. The molecule has 1 saturated heterocycles. The second kappa shape index (κ2) is 9.39. The molecule has 8 nitrogen and oxygen atoms in total. The minimum atomic E-state index is -0.225. The minimum absolute atomic E-state index is 0.190. The molecule has 2 aromatic heterocycles. The van der Waals surface area contributed by atoms with Crippen LogP contribution in [0.15, 0.2) is 71.7 Å². The van der Waals surface area contributed by atoms with Gasteiger partial charge in [-0.05, 0) is 68.2 Å². The standard InChI is InChI=1S/C27H25N5O3/c1-2-7-24(33)30-17-6-8-20(18-30)31-23-15-16-29-26(28)25(23)32(27(31)34)19-11-13-22(14-12-19)35-21-9-4-3-5-10-21/h3-5,9-16,20H,6,8,17-18H2,1H3,(H2,28,29)/t20-/m1/s1. The molecule has 35 heavy (non-hydrogen) atoms. The van der Waals surface area contributed by atoms with Crippen molar-refractivity contribution in [3.63, 3.8) is 0 Å². The Morgan fingerprint density at radius 1 is 1.09 bits per heavy atom. The van der Waals surface area contributed by atoms with Crippen molar-refractivity contribution in [2.75, 3.05) is 18.8 Å². The van der Waals surface area contributed by atoms with Gasteiger partial charge in [-0.25, -0.2) is 9.78 Å².